The third-order valence-electron chi connectivity index (χ3n) is 4.87. The molecule has 2 aliphatic rings. The number of allylic oxidation sites excluding steroid dienone is 2. The van der Waals surface area contributed by atoms with Gasteiger partial charge in [0.2, 0.25) is 0 Å². The standard InChI is InChI=1S/C18H22N2/c1-18(2,12-19)16-5-7-17(8-6-16)20-11-15-10-13-3-4-14(15)9-13/h3-8,13-15,20H,9-11H2,1-2H3. The minimum Gasteiger partial charge on any atom is -0.385 e. The second kappa shape index (κ2) is 4.98. The fourth-order valence-corrected chi connectivity index (χ4v) is 3.45. The van der Waals surface area contributed by atoms with Crippen LogP contribution in [-0.2, 0) is 5.41 Å². The van der Waals surface area contributed by atoms with Gasteiger partial charge >= 0.3 is 0 Å². The molecule has 3 unspecified atom stereocenters. The fraction of sp³-hybridized carbons (Fsp3) is 0.500. The predicted molar refractivity (Wildman–Crippen MR) is 82.4 cm³/mol. The number of hydrogen-bond donors (Lipinski definition) is 1. The third-order valence-corrected chi connectivity index (χ3v) is 4.87. The van der Waals surface area contributed by atoms with Gasteiger partial charge in [-0.05, 0) is 62.1 Å². The lowest BCUT2D eigenvalue weighted by molar-refractivity contribution is 0.472. The van der Waals surface area contributed by atoms with Crippen LogP contribution in [0.1, 0.15) is 32.3 Å². The highest BCUT2D eigenvalue weighted by molar-refractivity contribution is 5.47. The van der Waals surface area contributed by atoms with Crippen molar-refractivity contribution in [3.05, 3.63) is 42.0 Å². The Balaban J connectivity index is 1.59. The molecule has 0 amide bonds. The molecule has 2 aliphatic carbocycles. The van der Waals surface area contributed by atoms with Crippen molar-refractivity contribution in [3.8, 4) is 6.07 Å². The van der Waals surface area contributed by atoms with Gasteiger partial charge in [-0.25, -0.2) is 0 Å². The summed E-state index contributed by atoms with van der Waals surface area (Å²) >= 11 is 0. The Hall–Kier alpha value is -1.75. The Labute approximate surface area is 121 Å². The Morgan fingerprint density at radius 1 is 1.20 bits per heavy atom. The first-order valence-electron chi connectivity index (χ1n) is 7.52. The lowest BCUT2D eigenvalue weighted by Gasteiger charge is -2.20. The molecule has 0 saturated heterocycles. The summed E-state index contributed by atoms with van der Waals surface area (Å²) in [5.74, 6) is 2.43. The third kappa shape index (κ3) is 2.45. The van der Waals surface area contributed by atoms with Crippen molar-refractivity contribution in [2.45, 2.75) is 32.1 Å². The highest BCUT2D eigenvalue weighted by atomic mass is 14.9. The van der Waals surface area contributed by atoms with Crippen molar-refractivity contribution in [2.24, 2.45) is 17.8 Å². The molecule has 104 valence electrons. The largest absolute Gasteiger partial charge is 0.385 e. The molecule has 0 heterocycles. The van der Waals surface area contributed by atoms with Crippen LogP contribution in [-0.4, -0.2) is 6.54 Å². The SMILES string of the molecule is CC(C)(C#N)c1ccc(NCC2CC3C=CC2C3)cc1. The maximum Gasteiger partial charge on any atom is 0.0766 e. The average molecular weight is 266 g/mol. The first-order chi connectivity index (χ1) is 9.58. The molecule has 0 aliphatic heterocycles. The van der Waals surface area contributed by atoms with Gasteiger partial charge in [0.15, 0.2) is 0 Å². The zero-order valence-electron chi connectivity index (χ0n) is 12.3. The van der Waals surface area contributed by atoms with E-state index in [1.807, 2.05) is 13.8 Å². The van der Waals surface area contributed by atoms with Gasteiger partial charge in [-0.15, -0.1) is 0 Å². The van der Waals surface area contributed by atoms with Gasteiger partial charge in [-0.2, -0.15) is 5.26 Å². The van der Waals surface area contributed by atoms with Gasteiger partial charge in [-0.3, -0.25) is 0 Å². The first-order valence-corrected chi connectivity index (χ1v) is 7.52. The average Bonchev–Trinajstić information content (AvgIpc) is 3.08. The number of nitriles is 1. The van der Waals surface area contributed by atoms with Gasteiger partial charge < -0.3 is 5.32 Å². The molecule has 1 aromatic rings. The molecule has 3 atom stereocenters. The van der Waals surface area contributed by atoms with Crippen molar-refractivity contribution in [1.82, 2.24) is 0 Å². The Kier molecular flexibility index (Phi) is 3.30. The topological polar surface area (TPSA) is 35.8 Å². The number of nitrogens with one attached hydrogen (secondary N) is 1. The second-order valence-electron chi connectivity index (χ2n) is 6.74. The number of fused-ring (bicyclic) bond motifs is 2. The normalized spacial score (nSPS) is 27.6. The van der Waals surface area contributed by atoms with E-state index in [2.05, 4.69) is 47.8 Å². The van der Waals surface area contributed by atoms with Crippen LogP contribution in [0.15, 0.2) is 36.4 Å². The van der Waals surface area contributed by atoms with Gasteiger partial charge in [0.1, 0.15) is 0 Å². The summed E-state index contributed by atoms with van der Waals surface area (Å²) in [6.07, 6.45) is 7.49. The quantitative estimate of drug-likeness (QED) is 0.832. The van der Waals surface area contributed by atoms with E-state index in [1.165, 1.54) is 12.8 Å². The van der Waals surface area contributed by atoms with Crippen LogP contribution in [0.3, 0.4) is 0 Å². The summed E-state index contributed by atoms with van der Waals surface area (Å²) in [5.41, 5.74) is 1.83. The van der Waals surface area contributed by atoms with Gasteiger partial charge in [-0.1, -0.05) is 24.3 Å². The summed E-state index contributed by atoms with van der Waals surface area (Å²) in [4.78, 5) is 0. The number of nitrogens with zero attached hydrogens (tertiary/aromatic N) is 1. The maximum atomic E-state index is 9.15. The molecule has 2 nitrogen and oxygen atoms in total. The molecule has 0 spiro atoms. The van der Waals surface area contributed by atoms with E-state index in [0.717, 1.165) is 35.5 Å². The van der Waals surface area contributed by atoms with E-state index in [9.17, 15) is 0 Å². The molecule has 1 N–H and O–H groups in total. The molecule has 2 heteroatoms. The minimum absolute atomic E-state index is 0.409. The Bertz CT molecular complexity index is 548. The second-order valence-corrected chi connectivity index (χ2v) is 6.74. The molecule has 20 heavy (non-hydrogen) atoms. The van der Waals surface area contributed by atoms with Crippen molar-refractivity contribution in [2.75, 3.05) is 11.9 Å². The molecular formula is C18H22N2. The maximum absolute atomic E-state index is 9.15. The number of rotatable bonds is 4. The lowest BCUT2D eigenvalue weighted by atomic mass is 9.86. The summed E-state index contributed by atoms with van der Waals surface area (Å²) in [5, 5.41) is 12.7. The monoisotopic (exact) mass is 266 g/mol. The van der Waals surface area contributed by atoms with Gasteiger partial charge in [0.25, 0.3) is 0 Å². The molecule has 0 aromatic heterocycles. The number of hydrogen-bond acceptors (Lipinski definition) is 2. The molecule has 0 radical (unpaired) electrons. The van der Waals surface area contributed by atoms with Crippen molar-refractivity contribution < 1.29 is 0 Å². The van der Waals surface area contributed by atoms with Crippen LogP contribution in [0.25, 0.3) is 0 Å². The Morgan fingerprint density at radius 3 is 2.50 bits per heavy atom. The zero-order valence-corrected chi connectivity index (χ0v) is 12.3. The summed E-state index contributed by atoms with van der Waals surface area (Å²) in [6, 6.07) is 10.7. The lowest BCUT2D eigenvalue weighted by Crippen LogP contribution is -2.18. The molecule has 1 fully saturated rings. The first kappa shape index (κ1) is 13.2. The van der Waals surface area contributed by atoms with E-state index in [4.69, 9.17) is 5.26 Å². The molecule has 1 aromatic carbocycles. The summed E-state index contributed by atoms with van der Waals surface area (Å²) in [6.45, 7) is 4.97. The molecule has 1 saturated carbocycles. The molecule has 2 bridgehead atoms. The predicted octanol–water partition coefficient (Wildman–Crippen LogP) is 4.11. The smallest absolute Gasteiger partial charge is 0.0766 e. The van der Waals surface area contributed by atoms with E-state index in [0.29, 0.717) is 0 Å². The van der Waals surface area contributed by atoms with Crippen LogP contribution in [0.4, 0.5) is 5.69 Å². The van der Waals surface area contributed by atoms with Crippen LogP contribution < -0.4 is 5.32 Å². The number of anilines is 1. The van der Waals surface area contributed by atoms with E-state index in [1.54, 1.807) is 0 Å². The van der Waals surface area contributed by atoms with Crippen LogP contribution in [0.5, 0.6) is 0 Å². The van der Waals surface area contributed by atoms with Crippen LogP contribution in [0, 0.1) is 29.1 Å². The van der Waals surface area contributed by atoms with Crippen LogP contribution in [0.2, 0.25) is 0 Å². The highest BCUT2D eigenvalue weighted by Gasteiger charge is 2.35. The van der Waals surface area contributed by atoms with E-state index < -0.39 is 5.41 Å². The van der Waals surface area contributed by atoms with Crippen molar-refractivity contribution in [1.29, 1.82) is 5.26 Å². The Morgan fingerprint density at radius 2 is 1.95 bits per heavy atom. The van der Waals surface area contributed by atoms with Crippen molar-refractivity contribution >= 4 is 5.69 Å². The highest BCUT2D eigenvalue weighted by Crippen LogP contribution is 2.43. The number of benzene rings is 1. The molecular weight excluding hydrogens is 244 g/mol. The van der Waals surface area contributed by atoms with Gasteiger partial charge in [0.05, 0.1) is 11.5 Å². The van der Waals surface area contributed by atoms with E-state index in [-0.39, 0.29) is 0 Å². The molecule has 3 rings (SSSR count). The summed E-state index contributed by atoms with van der Waals surface area (Å²) in [7, 11) is 0. The zero-order chi connectivity index (χ0) is 14.2. The van der Waals surface area contributed by atoms with Crippen molar-refractivity contribution in [3.63, 3.8) is 0 Å². The van der Waals surface area contributed by atoms with Gasteiger partial charge in [0, 0.05) is 12.2 Å². The fourth-order valence-electron chi connectivity index (χ4n) is 3.45. The summed E-state index contributed by atoms with van der Waals surface area (Å²) < 4.78 is 0. The van der Waals surface area contributed by atoms with Crippen LogP contribution >= 0.6 is 0 Å². The minimum atomic E-state index is -0.409. The van der Waals surface area contributed by atoms with E-state index >= 15 is 0 Å².